The molecule has 0 saturated carbocycles. The highest BCUT2D eigenvalue weighted by atomic mass is 35.5. The molecule has 3 amide bonds. The standard InChI is InChI=1S/C23H22ClN3O4/c1-23(2,3)31-22(30)27-19-17(13-18(25-27)14-8-7-9-15(24)12-14)20(28)26(21(19)29)16-10-5-4-6-11-16/h4-12,17,19H,13H2,1-3H3. The van der Waals surface area contributed by atoms with Gasteiger partial charge in [0.1, 0.15) is 5.60 Å². The van der Waals surface area contributed by atoms with Crippen LogP contribution in [0.4, 0.5) is 10.5 Å². The molecular formula is C23H22ClN3O4. The molecule has 0 aliphatic carbocycles. The van der Waals surface area contributed by atoms with E-state index in [-0.39, 0.29) is 12.3 Å². The van der Waals surface area contributed by atoms with Gasteiger partial charge in [0.25, 0.3) is 5.91 Å². The molecule has 4 rings (SSSR count). The van der Waals surface area contributed by atoms with E-state index >= 15 is 0 Å². The zero-order chi connectivity index (χ0) is 22.3. The summed E-state index contributed by atoms with van der Waals surface area (Å²) in [6.07, 6.45) is -0.573. The Labute approximate surface area is 185 Å². The van der Waals surface area contributed by atoms with Gasteiger partial charge in [-0.25, -0.2) is 9.69 Å². The number of para-hydroxylation sites is 1. The number of ether oxygens (including phenoxy) is 1. The summed E-state index contributed by atoms with van der Waals surface area (Å²) in [5.74, 6) is -1.64. The van der Waals surface area contributed by atoms with Crippen LogP contribution in [0.3, 0.4) is 0 Å². The first-order valence-electron chi connectivity index (χ1n) is 9.94. The molecule has 0 spiro atoms. The number of nitrogens with zero attached hydrogens (tertiary/aromatic N) is 3. The Morgan fingerprint density at radius 1 is 1.06 bits per heavy atom. The minimum atomic E-state index is -1.06. The SMILES string of the molecule is CC(C)(C)OC(=O)N1N=C(c2cccc(Cl)c2)CC2C(=O)N(c3ccccc3)C(=O)C21. The molecule has 2 atom stereocenters. The van der Waals surface area contributed by atoms with E-state index in [1.807, 2.05) is 0 Å². The first kappa shape index (κ1) is 21.1. The first-order chi connectivity index (χ1) is 14.7. The van der Waals surface area contributed by atoms with Gasteiger partial charge in [-0.15, -0.1) is 0 Å². The van der Waals surface area contributed by atoms with Gasteiger partial charge in [-0.05, 0) is 50.6 Å². The second kappa shape index (κ2) is 7.81. The summed E-state index contributed by atoms with van der Waals surface area (Å²) in [5.41, 5.74) is 0.838. The smallest absolute Gasteiger partial charge is 0.431 e. The van der Waals surface area contributed by atoms with E-state index in [2.05, 4.69) is 5.10 Å². The number of amides is 3. The molecular weight excluding hydrogens is 418 g/mol. The highest BCUT2D eigenvalue weighted by Gasteiger charge is 2.55. The number of hydrogen-bond acceptors (Lipinski definition) is 5. The van der Waals surface area contributed by atoms with Gasteiger partial charge in [-0.1, -0.05) is 41.9 Å². The van der Waals surface area contributed by atoms with Crippen molar-refractivity contribution in [3.8, 4) is 0 Å². The van der Waals surface area contributed by atoms with E-state index in [0.29, 0.717) is 22.0 Å². The molecule has 1 fully saturated rings. The van der Waals surface area contributed by atoms with Crippen molar-refractivity contribution < 1.29 is 19.1 Å². The van der Waals surface area contributed by atoms with Crippen LogP contribution in [-0.4, -0.2) is 40.3 Å². The fourth-order valence-electron chi connectivity index (χ4n) is 3.77. The Morgan fingerprint density at radius 3 is 2.42 bits per heavy atom. The Hall–Kier alpha value is -3.19. The highest BCUT2D eigenvalue weighted by Crippen LogP contribution is 2.36. The van der Waals surface area contributed by atoms with Crippen molar-refractivity contribution in [2.45, 2.75) is 38.8 Å². The lowest BCUT2D eigenvalue weighted by molar-refractivity contribution is -0.123. The number of carbonyl (C=O) groups excluding carboxylic acids is 3. The zero-order valence-electron chi connectivity index (χ0n) is 17.4. The van der Waals surface area contributed by atoms with Gasteiger partial charge in [0, 0.05) is 11.4 Å². The monoisotopic (exact) mass is 439 g/mol. The molecule has 2 aliphatic rings. The maximum atomic E-state index is 13.3. The predicted octanol–water partition coefficient (Wildman–Crippen LogP) is 4.24. The number of hydrogen-bond donors (Lipinski definition) is 0. The minimum absolute atomic E-state index is 0.207. The van der Waals surface area contributed by atoms with Crippen molar-refractivity contribution in [1.29, 1.82) is 0 Å². The number of rotatable bonds is 2. The van der Waals surface area contributed by atoms with E-state index in [9.17, 15) is 14.4 Å². The van der Waals surface area contributed by atoms with Crippen LogP contribution >= 0.6 is 11.6 Å². The molecule has 160 valence electrons. The first-order valence-corrected chi connectivity index (χ1v) is 10.3. The molecule has 0 radical (unpaired) electrons. The normalized spacial score (nSPS) is 21.1. The molecule has 0 aromatic heterocycles. The fraction of sp³-hybridized carbons (Fsp3) is 0.304. The maximum Gasteiger partial charge on any atom is 0.431 e. The van der Waals surface area contributed by atoms with Crippen LogP contribution < -0.4 is 4.90 Å². The summed E-state index contributed by atoms with van der Waals surface area (Å²) in [7, 11) is 0. The second-order valence-electron chi connectivity index (χ2n) is 8.48. The third kappa shape index (κ3) is 4.05. The summed E-state index contributed by atoms with van der Waals surface area (Å²) in [4.78, 5) is 40.7. The fourth-order valence-corrected chi connectivity index (χ4v) is 3.96. The van der Waals surface area contributed by atoms with E-state index in [0.717, 1.165) is 9.91 Å². The van der Waals surface area contributed by atoms with Gasteiger partial charge in [0.2, 0.25) is 5.91 Å². The molecule has 2 aromatic rings. The van der Waals surface area contributed by atoms with Crippen LogP contribution in [-0.2, 0) is 14.3 Å². The number of benzene rings is 2. The molecule has 2 aliphatic heterocycles. The zero-order valence-corrected chi connectivity index (χ0v) is 18.2. The lowest BCUT2D eigenvalue weighted by atomic mass is 9.91. The van der Waals surface area contributed by atoms with E-state index in [4.69, 9.17) is 16.3 Å². The third-order valence-electron chi connectivity index (χ3n) is 5.05. The predicted molar refractivity (Wildman–Crippen MR) is 117 cm³/mol. The summed E-state index contributed by atoms with van der Waals surface area (Å²) in [5, 5.41) is 5.97. The molecule has 1 saturated heterocycles. The Morgan fingerprint density at radius 2 is 1.77 bits per heavy atom. The molecule has 31 heavy (non-hydrogen) atoms. The highest BCUT2D eigenvalue weighted by molar-refractivity contribution is 6.31. The summed E-state index contributed by atoms with van der Waals surface area (Å²) < 4.78 is 5.49. The van der Waals surface area contributed by atoms with Gasteiger partial charge in [-0.3, -0.25) is 9.59 Å². The minimum Gasteiger partial charge on any atom is -0.442 e. The number of hydrazone groups is 1. The van der Waals surface area contributed by atoms with Crippen molar-refractivity contribution in [2.24, 2.45) is 11.0 Å². The van der Waals surface area contributed by atoms with Gasteiger partial charge in [0.15, 0.2) is 6.04 Å². The Kier molecular flexibility index (Phi) is 5.31. The van der Waals surface area contributed by atoms with Crippen molar-refractivity contribution in [1.82, 2.24) is 5.01 Å². The van der Waals surface area contributed by atoms with Crippen LogP contribution in [0.15, 0.2) is 59.7 Å². The molecule has 0 N–H and O–H groups in total. The van der Waals surface area contributed by atoms with Gasteiger partial charge in [-0.2, -0.15) is 10.1 Å². The third-order valence-corrected chi connectivity index (χ3v) is 5.29. The van der Waals surface area contributed by atoms with Crippen molar-refractivity contribution >= 4 is 40.9 Å². The molecule has 2 unspecified atom stereocenters. The summed E-state index contributed by atoms with van der Waals surface area (Å²) in [6.45, 7) is 5.18. The van der Waals surface area contributed by atoms with Gasteiger partial charge >= 0.3 is 6.09 Å². The topological polar surface area (TPSA) is 79.3 Å². The van der Waals surface area contributed by atoms with Crippen LogP contribution in [0.2, 0.25) is 5.02 Å². The van der Waals surface area contributed by atoms with E-state index in [1.165, 1.54) is 0 Å². The lowest BCUT2D eigenvalue weighted by Gasteiger charge is -2.32. The largest absolute Gasteiger partial charge is 0.442 e. The van der Waals surface area contributed by atoms with Crippen LogP contribution in [0, 0.1) is 5.92 Å². The maximum absolute atomic E-state index is 13.3. The molecule has 2 heterocycles. The molecule has 8 heteroatoms. The van der Waals surface area contributed by atoms with Gasteiger partial charge < -0.3 is 4.74 Å². The Bertz CT molecular complexity index is 1080. The second-order valence-corrected chi connectivity index (χ2v) is 8.92. The van der Waals surface area contributed by atoms with E-state index in [1.54, 1.807) is 75.4 Å². The number of anilines is 1. The number of fused-ring (bicyclic) bond motifs is 1. The van der Waals surface area contributed by atoms with Crippen LogP contribution in [0.25, 0.3) is 0 Å². The summed E-state index contributed by atoms with van der Waals surface area (Å²) in [6, 6.07) is 14.6. The average molecular weight is 440 g/mol. The average Bonchev–Trinajstić information content (AvgIpc) is 2.97. The molecule has 7 nitrogen and oxygen atoms in total. The Balaban J connectivity index is 1.77. The quantitative estimate of drug-likeness (QED) is 0.655. The van der Waals surface area contributed by atoms with Gasteiger partial charge in [0.05, 0.1) is 17.3 Å². The number of imide groups is 1. The van der Waals surface area contributed by atoms with Crippen molar-refractivity contribution in [2.75, 3.05) is 4.90 Å². The summed E-state index contributed by atoms with van der Waals surface area (Å²) >= 11 is 6.13. The van der Waals surface area contributed by atoms with Crippen LogP contribution in [0.5, 0.6) is 0 Å². The van der Waals surface area contributed by atoms with Crippen molar-refractivity contribution in [3.05, 3.63) is 65.2 Å². The molecule has 2 aromatic carbocycles. The van der Waals surface area contributed by atoms with Crippen LogP contribution in [0.1, 0.15) is 32.8 Å². The molecule has 0 bridgehead atoms. The van der Waals surface area contributed by atoms with Crippen molar-refractivity contribution in [3.63, 3.8) is 0 Å². The lowest BCUT2D eigenvalue weighted by Crippen LogP contribution is -2.49. The van der Waals surface area contributed by atoms with E-state index < -0.39 is 29.6 Å². The number of carbonyl (C=O) groups is 3. The number of halogens is 1.